The van der Waals surface area contributed by atoms with E-state index in [9.17, 15) is 4.79 Å². The number of hydrogen-bond donors (Lipinski definition) is 3. The molecule has 1 aromatic heterocycles. The quantitative estimate of drug-likeness (QED) is 0.752. The standard InChI is InChI=1S/C15H17N3O3/c1-21-13-5-3-2-4-10(13)8-9-17-14-11(16)6-7-12(18-14)15(19)20/h2-7H,8-9,16H2,1H3,(H,17,18)(H,19,20). The summed E-state index contributed by atoms with van der Waals surface area (Å²) in [6, 6.07) is 10.6. The maximum Gasteiger partial charge on any atom is 0.354 e. The average Bonchev–Trinajstić information content (AvgIpc) is 2.49. The molecule has 1 aromatic carbocycles. The highest BCUT2D eigenvalue weighted by atomic mass is 16.5. The summed E-state index contributed by atoms with van der Waals surface area (Å²) in [6.45, 7) is 0.570. The monoisotopic (exact) mass is 287 g/mol. The van der Waals surface area contributed by atoms with E-state index in [2.05, 4.69) is 10.3 Å². The van der Waals surface area contributed by atoms with Crippen molar-refractivity contribution in [1.82, 2.24) is 4.98 Å². The number of nitrogens with zero attached hydrogens (tertiary/aromatic N) is 1. The highest BCUT2D eigenvalue weighted by Gasteiger charge is 2.08. The number of anilines is 2. The lowest BCUT2D eigenvalue weighted by Gasteiger charge is -2.11. The van der Waals surface area contributed by atoms with Gasteiger partial charge < -0.3 is 20.9 Å². The Morgan fingerprint density at radius 1 is 1.33 bits per heavy atom. The van der Waals surface area contributed by atoms with Crippen molar-refractivity contribution in [1.29, 1.82) is 0 Å². The van der Waals surface area contributed by atoms with Crippen LogP contribution >= 0.6 is 0 Å². The number of benzene rings is 1. The summed E-state index contributed by atoms with van der Waals surface area (Å²) >= 11 is 0. The lowest BCUT2D eigenvalue weighted by Crippen LogP contribution is -2.11. The molecule has 0 bridgehead atoms. The third-order valence-corrected chi connectivity index (χ3v) is 3.02. The molecule has 0 saturated carbocycles. The van der Waals surface area contributed by atoms with Crippen LogP contribution in [0.15, 0.2) is 36.4 Å². The van der Waals surface area contributed by atoms with E-state index in [0.29, 0.717) is 24.5 Å². The minimum Gasteiger partial charge on any atom is -0.496 e. The molecule has 1 heterocycles. The number of methoxy groups -OCH3 is 1. The van der Waals surface area contributed by atoms with E-state index in [1.54, 1.807) is 7.11 Å². The Morgan fingerprint density at radius 2 is 2.10 bits per heavy atom. The Bertz CT molecular complexity index is 644. The van der Waals surface area contributed by atoms with E-state index in [-0.39, 0.29) is 5.69 Å². The van der Waals surface area contributed by atoms with Crippen molar-refractivity contribution in [2.45, 2.75) is 6.42 Å². The first-order valence-electron chi connectivity index (χ1n) is 6.47. The largest absolute Gasteiger partial charge is 0.496 e. The van der Waals surface area contributed by atoms with Crippen LogP contribution in [0.2, 0.25) is 0 Å². The molecule has 6 heteroatoms. The number of aromatic nitrogens is 1. The molecular formula is C15H17N3O3. The zero-order chi connectivity index (χ0) is 15.2. The molecule has 6 nitrogen and oxygen atoms in total. The SMILES string of the molecule is COc1ccccc1CCNc1nc(C(=O)O)ccc1N. The van der Waals surface area contributed by atoms with Gasteiger partial charge >= 0.3 is 5.97 Å². The van der Waals surface area contributed by atoms with Gasteiger partial charge in [0.05, 0.1) is 12.8 Å². The summed E-state index contributed by atoms with van der Waals surface area (Å²) in [5, 5.41) is 12.0. The number of nitrogens with one attached hydrogen (secondary N) is 1. The number of carboxylic acid groups (broad SMARTS) is 1. The first kappa shape index (κ1) is 14.6. The Morgan fingerprint density at radius 3 is 2.81 bits per heavy atom. The predicted octanol–water partition coefficient (Wildman–Crippen LogP) is 2.03. The van der Waals surface area contributed by atoms with Crippen molar-refractivity contribution < 1.29 is 14.6 Å². The molecule has 0 radical (unpaired) electrons. The van der Waals surface area contributed by atoms with Gasteiger partial charge in [-0.2, -0.15) is 0 Å². The molecule has 0 unspecified atom stereocenters. The number of carbonyl (C=O) groups is 1. The molecule has 0 spiro atoms. The fourth-order valence-corrected chi connectivity index (χ4v) is 1.96. The van der Waals surface area contributed by atoms with E-state index in [1.807, 2.05) is 24.3 Å². The lowest BCUT2D eigenvalue weighted by molar-refractivity contribution is 0.0690. The molecule has 0 saturated heterocycles. The van der Waals surface area contributed by atoms with Crippen LogP contribution in [0.3, 0.4) is 0 Å². The Labute approximate surface area is 122 Å². The van der Waals surface area contributed by atoms with Gasteiger partial charge in [0.1, 0.15) is 11.6 Å². The van der Waals surface area contributed by atoms with Gasteiger partial charge in [0.2, 0.25) is 0 Å². The summed E-state index contributed by atoms with van der Waals surface area (Å²) in [6.07, 6.45) is 0.711. The number of carboxylic acids is 1. The van der Waals surface area contributed by atoms with Crippen LogP contribution in [-0.2, 0) is 6.42 Å². The van der Waals surface area contributed by atoms with Gasteiger partial charge in [0.15, 0.2) is 5.69 Å². The van der Waals surface area contributed by atoms with Crippen LogP contribution in [0.1, 0.15) is 16.1 Å². The molecule has 2 aromatic rings. The predicted molar refractivity (Wildman–Crippen MR) is 80.8 cm³/mol. The highest BCUT2D eigenvalue weighted by Crippen LogP contribution is 2.19. The van der Waals surface area contributed by atoms with Gasteiger partial charge in [-0.3, -0.25) is 0 Å². The second-order valence-corrected chi connectivity index (χ2v) is 4.43. The molecule has 0 aliphatic carbocycles. The summed E-state index contributed by atoms with van der Waals surface area (Å²) in [7, 11) is 1.63. The molecule has 4 N–H and O–H groups in total. The van der Waals surface area contributed by atoms with Crippen LogP contribution in [-0.4, -0.2) is 29.7 Å². The molecule has 2 rings (SSSR count). The second-order valence-electron chi connectivity index (χ2n) is 4.43. The summed E-state index contributed by atoms with van der Waals surface area (Å²) in [5.41, 5.74) is 7.22. The van der Waals surface area contributed by atoms with Gasteiger partial charge in [0, 0.05) is 6.54 Å². The number of para-hydroxylation sites is 1. The van der Waals surface area contributed by atoms with Gasteiger partial charge in [-0.25, -0.2) is 9.78 Å². The van der Waals surface area contributed by atoms with E-state index < -0.39 is 5.97 Å². The van der Waals surface area contributed by atoms with Crippen molar-refractivity contribution in [2.75, 3.05) is 24.7 Å². The van der Waals surface area contributed by atoms with Crippen LogP contribution in [0, 0.1) is 0 Å². The zero-order valence-corrected chi connectivity index (χ0v) is 11.7. The van der Waals surface area contributed by atoms with E-state index in [1.165, 1.54) is 12.1 Å². The van der Waals surface area contributed by atoms with Crippen molar-refractivity contribution in [3.05, 3.63) is 47.7 Å². The molecular weight excluding hydrogens is 270 g/mol. The van der Waals surface area contributed by atoms with Crippen molar-refractivity contribution in [3.8, 4) is 5.75 Å². The highest BCUT2D eigenvalue weighted by molar-refractivity contribution is 5.86. The number of nitrogens with two attached hydrogens (primary N) is 1. The Kier molecular flexibility index (Phi) is 4.61. The Balaban J connectivity index is 2.03. The minimum atomic E-state index is -1.08. The van der Waals surface area contributed by atoms with Gasteiger partial charge in [-0.05, 0) is 30.2 Å². The molecule has 21 heavy (non-hydrogen) atoms. The number of hydrogen-bond acceptors (Lipinski definition) is 5. The first-order valence-corrected chi connectivity index (χ1v) is 6.47. The minimum absolute atomic E-state index is 0.0380. The molecule has 0 aliphatic heterocycles. The average molecular weight is 287 g/mol. The molecule has 0 amide bonds. The summed E-state index contributed by atoms with van der Waals surface area (Å²) in [4.78, 5) is 14.9. The fourth-order valence-electron chi connectivity index (χ4n) is 1.96. The van der Waals surface area contributed by atoms with Crippen LogP contribution in [0.4, 0.5) is 11.5 Å². The van der Waals surface area contributed by atoms with Crippen LogP contribution in [0.25, 0.3) is 0 Å². The summed E-state index contributed by atoms with van der Waals surface area (Å²) in [5.74, 6) is 0.118. The molecule has 0 fully saturated rings. The van der Waals surface area contributed by atoms with Crippen LogP contribution in [0.5, 0.6) is 5.75 Å². The molecule has 0 aliphatic rings. The van der Waals surface area contributed by atoms with Crippen LogP contribution < -0.4 is 15.8 Å². The van der Waals surface area contributed by atoms with Gasteiger partial charge in [-0.1, -0.05) is 18.2 Å². The summed E-state index contributed by atoms with van der Waals surface area (Å²) < 4.78 is 5.28. The van der Waals surface area contributed by atoms with Gasteiger partial charge in [-0.15, -0.1) is 0 Å². The maximum absolute atomic E-state index is 10.9. The lowest BCUT2D eigenvalue weighted by atomic mass is 10.1. The number of pyridine rings is 1. The fraction of sp³-hybridized carbons (Fsp3) is 0.200. The molecule has 0 atom stereocenters. The normalized spacial score (nSPS) is 10.1. The third kappa shape index (κ3) is 3.62. The molecule has 110 valence electrons. The maximum atomic E-state index is 10.9. The first-order chi connectivity index (χ1) is 10.1. The van der Waals surface area contributed by atoms with E-state index in [4.69, 9.17) is 15.6 Å². The zero-order valence-electron chi connectivity index (χ0n) is 11.7. The van der Waals surface area contributed by atoms with Crippen molar-refractivity contribution >= 4 is 17.5 Å². The van der Waals surface area contributed by atoms with Gasteiger partial charge in [0.25, 0.3) is 0 Å². The van der Waals surface area contributed by atoms with E-state index >= 15 is 0 Å². The third-order valence-electron chi connectivity index (χ3n) is 3.02. The topological polar surface area (TPSA) is 97.5 Å². The number of nitrogen functional groups attached to an aromatic ring is 1. The Hall–Kier alpha value is -2.76. The number of ether oxygens (including phenoxy) is 1. The van der Waals surface area contributed by atoms with E-state index in [0.717, 1.165) is 11.3 Å². The van der Waals surface area contributed by atoms with Crippen molar-refractivity contribution in [3.63, 3.8) is 0 Å². The van der Waals surface area contributed by atoms with Crippen molar-refractivity contribution in [2.24, 2.45) is 0 Å². The number of rotatable bonds is 6. The second kappa shape index (κ2) is 6.60. The number of aromatic carboxylic acids is 1. The smallest absolute Gasteiger partial charge is 0.354 e.